The molecule has 2 N–H and O–H groups in total. The predicted octanol–water partition coefficient (Wildman–Crippen LogP) is 3.91. The first-order chi connectivity index (χ1) is 14.4. The number of nitrogens with one attached hydrogen (secondary N) is 2. The first kappa shape index (κ1) is 20.3. The second-order valence-corrected chi connectivity index (χ2v) is 8.47. The van der Waals surface area contributed by atoms with Crippen molar-refractivity contribution in [3.63, 3.8) is 0 Å². The number of likely N-dealkylation sites (tertiary alicyclic amines) is 1. The first-order valence-corrected chi connectivity index (χ1v) is 10.6. The zero-order valence-electron chi connectivity index (χ0n) is 18.2. The van der Waals surface area contributed by atoms with Gasteiger partial charge in [0, 0.05) is 37.1 Å². The minimum atomic E-state index is -0.203. The van der Waals surface area contributed by atoms with Crippen LogP contribution >= 0.6 is 0 Å². The number of amides is 1. The number of hydrogen-bond donors (Lipinski definition) is 2. The average molecular weight is 407 g/mol. The fraction of sp³-hybridized carbons (Fsp3) is 0.435. The lowest BCUT2D eigenvalue weighted by molar-refractivity contribution is 0.102. The molecule has 0 saturated carbocycles. The lowest BCUT2D eigenvalue weighted by atomic mass is 10.00. The largest absolute Gasteiger partial charge is 0.321 e. The molecule has 1 unspecified atom stereocenters. The molecule has 30 heavy (non-hydrogen) atoms. The van der Waals surface area contributed by atoms with E-state index in [0.717, 1.165) is 47.3 Å². The number of carbonyl (C=O) groups is 1. The molecule has 4 rings (SSSR count). The summed E-state index contributed by atoms with van der Waals surface area (Å²) in [7, 11) is 1.90. The molecule has 7 heteroatoms. The number of H-pyrrole nitrogens is 1. The number of aryl methyl sites for hydroxylation is 2. The third kappa shape index (κ3) is 4.31. The van der Waals surface area contributed by atoms with E-state index in [2.05, 4.69) is 44.6 Å². The van der Waals surface area contributed by atoms with Gasteiger partial charge in [-0.3, -0.25) is 19.5 Å². The van der Waals surface area contributed by atoms with Crippen LogP contribution in [0.4, 0.5) is 5.69 Å². The normalized spacial score (nSPS) is 17.3. The molecule has 0 bridgehead atoms. The van der Waals surface area contributed by atoms with Gasteiger partial charge in [0.1, 0.15) is 5.69 Å². The van der Waals surface area contributed by atoms with E-state index in [1.807, 2.05) is 37.7 Å². The van der Waals surface area contributed by atoms with Gasteiger partial charge in [0.25, 0.3) is 5.91 Å². The monoisotopic (exact) mass is 406 g/mol. The Bertz CT molecular complexity index is 1030. The average Bonchev–Trinajstić information content (AvgIpc) is 3.28. The van der Waals surface area contributed by atoms with Crippen molar-refractivity contribution in [3.8, 4) is 11.3 Å². The minimum Gasteiger partial charge on any atom is -0.321 e. The number of rotatable bonds is 5. The van der Waals surface area contributed by atoms with Crippen LogP contribution in [0.1, 0.15) is 47.2 Å². The summed E-state index contributed by atoms with van der Waals surface area (Å²) in [4.78, 5) is 15.2. The molecule has 158 valence electrons. The molecule has 2 aromatic heterocycles. The molecule has 1 saturated heterocycles. The maximum absolute atomic E-state index is 12.7. The molecular weight excluding hydrogens is 376 g/mol. The standard InChI is InChI=1S/C23H30N6O/c1-15-6-5-11-29(13-15)14-18-7-9-19(10-8-18)24-23(30)21-12-20(25-26-21)22-16(2)27-28(4)17(22)3/h7-10,12,15H,5-6,11,13-14H2,1-4H3,(H,24,30)(H,25,26). The van der Waals surface area contributed by atoms with Crippen LogP contribution in [0.25, 0.3) is 11.3 Å². The Balaban J connectivity index is 1.40. The summed E-state index contributed by atoms with van der Waals surface area (Å²) in [5, 5.41) is 14.5. The molecule has 7 nitrogen and oxygen atoms in total. The minimum absolute atomic E-state index is 0.203. The maximum Gasteiger partial charge on any atom is 0.273 e. The van der Waals surface area contributed by atoms with Gasteiger partial charge in [-0.1, -0.05) is 19.1 Å². The summed E-state index contributed by atoms with van der Waals surface area (Å²) >= 11 is 0. The van der Waals surface area contributed by atoms with E-state index in [1.165, 1.54) is 24.9 Å². The summed E-state index contributed by atoms with van der Waals surface area (Å²) in [6, 6.07) is 9.89. The van der Waals surface area contributed by atoms with Crippen LogP contribution in [0.5, 0.6) is 0 Å². The SMILES string of the molecule is Cc1nn(C)c(C)c1-c1cc(C(=O)Nc2ccc(CN3CCCC(C)C3)cc2)[nH]n1. The summed E-state index contributed by atoms with van der Waals surface area (Å²) in [6.45, 7) is 9.56. The van der Waals surface area contributed by atoms with Crippen molar-refractivity contribution >= 4 is 11.6 Å². The Kier molecular flexibility index (Phi) is 5.72. The van der Waals surface area contributed by atoms with Gasteiger partial charge in [-0.25, -0.2) is 0 Å². The molecule has 0 radical (unpaired) electrons. The number of nitrogens with zero attached hydrogens (tertiary/aromatic N) is 4. The van der Waals surface area contributed by atoms with Gasteiger partial charge in [-0.2, -0.15) is 10.2 Å². The molecule has 3 heterocycles. The Labute approximate surface area is 177 Å². The van der Waals surface area contributed by atoms with Crippen molar-refractivity contribution in [1.82, 2.24) is 24.9 Å². The number of carbonyl (C=O) groups excluding carboxylic acids is 1. The van der Waals surface area contributed by atoms with E-state index in [9.17, 15) is 4.79 Å². The first-order valence-electron chi connectivity index (χ1n) is 10.6. The van der Waals surface area contributed by atoms with Crippen molar-refractivity contribution < 1.29 is 4.79 Å². The van der Waals surface area contributed by atoms with Crippen LogP contribution in [0.2, 0.25) is 0 Å². The molecule has 1 fully saturated rings. The van der Waals surface area contributed by atoms with Gasteiger partial charge >= 0.3 is 0 Å². The van der Waals surface area contributed by atoms with E-state index in [4.69, 9.17) is 0 Å². The maximum atomic E-state index is 12.7. The van der Waals surface area contributed by atoms with Gasteiger partial charge in [-0.15, -0.1) is 0 Å². The number of piperidine rings is 1. The third-order valence-corrected chi connectivity index (χ3v) is 5.95. The highest BCUT2D eigenvalue weighted by Gasteiger charge is 2.18. The predicted molar refractivity (Wildman–Crippen MR) is 118 cm³/mol. The Morgan fingerprint density at radius 1 is 1.27 bits per heavy atom. The molecule has 1 aliphatic heterocycles. The van der Waals surface area contributed by atoms with Crippen molar-refractivity contribution in [2.75, 3.05) is 18.4 Å². The van der Waals surface area contributed by atoms with Crippen LogP contribution in [-0.2, 0) is 13.6 Å². The van der Waals surface area contributed by atoms with Crippen LogP contribution in [-0.4, -0.2) is 43.9 Å². The van der Waals surface area contributed by atoms with Crippen LogP contribution in [0.15, 0.2) is 30.3 Å². The molecule has 0 spiro atoms. The Morgan fingerprint density at radius 3 is 2.70 bits per heavy atom. The van der Waals surface area contributed by atoms with E-state index in [-0.39, 0.29) is 5.91 Å². The molecule has 3 aromatic rings. The van der Waals surface area contributed by atoms with E-state index < -0.39 is 0 Å². The van der Waals surface area contributed by atoms with Gasteiger partial charge < -0.3 is 5.32 Å². The van der Waals surface area contributed by atoms with Crippen molar-refractivity contribution in [2.45, 2.75) is 40.2 Å². The Morgan fingerprint density at radius 2 is 2.03 bits per heavy atom. The molecule has 1 aliphatic rings. The second-order valence-electron chi connectivity index (χ2n) is 8.47. The lowest BCUT2D eigenvalue weighted by Crippen LogP contribution is -2.33. The van der Waals surface area contributed by atoms with Crippen LogP contribution < -0.4 is 5.32 Å². The second kappa shape index (κ2) is 8.44. The van der Waals surface area contributed by atoms with Crippen LogP contribution in [0, 0.1) is 19.8 Å². The van der Waals surface area contributed by atoms with Crippen molar-refractivity contribution in [3.05, 3.63) is 53.0 Å². The van der Waals surface area contributed by atoms with Gasteiger partial charge in [0.2, 0.25) is 0 Å². The van der Waals surface area contributed by atoms with Gasteiger partial charge in [-0.05, 0) is 62.9 Å². The number of hydrogen-bond acceptors (Lipinski definition) is 4. The fourth-order valence-corrected chi connectivity index (χ4v) is 4.29. The third-order valence-electron chi connectivity index (χ3n) is 5.95. The summed E-state index contributed by atoms with van der Waals surface area (Å²) < 4.78 is 1.82. The molecular formula is C23H30N6O. The van der Waals surface area contributed by atoms with E-state index in [1.54, 1.807) is 6.07 Å². The lowest BCUT2D eigenvalue weighted by Gasteiger charge is -2.30. The molecule has 1 atom stereocenters. The van der Waals surface area contributed by atoms with Gasteiger partial charge in [0.15, 0.2) is 0 Å². The summed E-state index contributed by atoms with van der Waals surface area (Å²) in [5.41, 5.74) is 6.09. The number of aromatic amines is 1. The topological polar surface area (TPSA) is 78.8 Å². The van der Waals surface area contributed by atoms with Crippen molar-refractivity contribution in [2.24, 2.45) is 13.0 Å². The highest BCUT2D eigenvalue weighted by Crippen LogP contribution is 2.25. The molecule has 1 aromatic carbocycles. The zero-order chi connectivity index (χ0) is 21.3. The quantitative estimate of drug-likeness (QED) is 0.673. The number of aromatic nitrogens is 4. The van der Waals surface area contributed by atoms with E-state index in [0.29, 0.717) is 5.69 Å². The number of anilines is 1. The van der Waals surface area contributed by atoms with E-state index >= 15 is 0 Å². The van der Waals surface area contributed by atoms with Gasteiger partial charge in [0.05, 0.1) is 11.4 Å². The van der Waals surface area contributed by atoms with Crippen molar-refractivity contribution in [1.29, 1.82) is 0 Å². The highest BCUT2D eigenvalue weighted by atomic mass is 16.1. The highest BCUT2D eigenvalue weighted by molar-refractivity contribution is 6.03. The summed E-state index contributed by atoms with van der Waals surface area (Å²) in [5.74, 6) is 0.571. The van der Waals surface area contributed by atoms with Crippen LogP contribution in [0.3, 0.4) is 0 Å². The smallest absolute Gasteiger partial charge is 0.273 e. The summed E-state index contributed by atoms with van der Waals surface area (Å²) in [6.07, 6.45) is 2.61. The fourth-order valence-electron chi connectivity index (χ4n) is 4.29. The molecule has 1 amide bonds. The molecule has 0 aliphatic carbocycles. The Hall–Kier alpha value is -2.93. The zero-order valence-corrected chi connectivity index (χ0v) is 18.2. The number of benzene rings is 1.